The van der Waals surface area contributed by atoms with Crippen LogP contribution in [0.4, 0.5) is 11.4 Å². The fourth-order valence-electron chi connectivity index (χ4n) is 2.04. The number of carbonyl (C=O) groups is 1. The second-order valence-electron chi connectivity index (χ2n) is 4.70. The summed E-state index contributed by atoms with van der Waals surface area (Å²) >= 11 is 3.50. The lowest BCUT2D eigenvalue weighted by Crippen LogP contribution is -2.14. The largest absolute Gasteiger partial charge is 0.395 e. The number of rotatable bonds is 3. The third-order valence-corrected chi connectivity index (χ3v) is 4.40. The molecule has 4 N–H and O–H groups in total. The van der Waals surface area contributed by atoms with E-state index in [1.54, 1.807) is 0 Å². The van der Waals surface area contributed by atoms with Gasteiger partial charge in [-0.3, -0.25) is 9.89 Å². The van der Waals surface area contributed by atoms with Crippen LogP contribution in [0.1, 0.15) is 34.2 Å². The summed E-state index contributed by atoms with van der Waals surface area (Å²) in [6.07, 6.45) is 0.711. The van der Waals surface area contributed by atoms with Crippen LogP contribution in [0.25, 0.3) is 0 Å². The fraction of sp³-hybridized carbons (Fsp3) is 0.286. The summed E-state index contributed by atoms with van der Waals surface area (Å²) in [5.41, 5.74) is 10.2. The summed E-state index contributed by atoms with van der Waals surface area (Å²) < 4.78 is 1.04. The molecule has 0 aliphatic carbocycles. The van der Waals surface area contributed by atoms with Crippen molar-refractivity contribution in [2.24, 2.45) is 0 Å². The summed E-state index contributed by atoms with van der Waals surface area (Å²) in [6, 6.07) is 3.80. The molecule has 0 spiro atoms. The van der Waals surface area contributed by atoms with Gasteiger partial charge in [-0.05, 0) is 43.5 Å². The van der Waals surface area contributed by atoms with Crippen molar-refractivity contribution in [2.75, 3.05) is 11.1 Å². The van der Waals surface area contributed by atoms with E-state index in [-0.39, 0.29) is 11.6 Å². The summed E-state index contributed by atoms with van der Waals surface area (Å²) in [4.78, 5) is 12.2. The first kappa shape index (κ1) is 14.6. The van der Waals surface area contributed by atoms with Crippen molar-refractivity contribution in [3.8, 4) is 0 Å². The molecule has 5 nitrogen and oxygen atoms in total. The maximum absolute atomic E-state index is 12.2. The van der Waals surface area contributed by atoms with Crippen LogP contribution in [-0.4, -0.2) is 16.1 Å². The molecule has 20 heavy (non-hydrogen) atoms. The molecule has 1 aromatic heterocycles. The lowest BCUT2D eigenvalue weighted by Gasteiger charge is -2.09. The molecule has 0 bridgehead atoms. The van der Waals surface area contributed by atoms with E-state index in [4.69, 9.17) is 5.73 Å². The van der Waals surface area contributed by atoms with E-state index < -0.39 is 0 Å². The lowest BCUT2D eigenvalue weighted by atomic mass is 10.1. The van der Waals surface area contributed by atoms with Crippen molar-refractivity contribution in [2.45, 2.75) is 27.2 Å². The Balaban J connectivity index is 2.25. The zero-order chi connectivity index (χ0) is 14.9. The number of hydrogen-bond acceptors (Lipinski definition) is 3. The highest BCUT2D eigenvalue weighted by molar-refractivity contribution is 9.10. The minimum Gasteiger partial charge on any atom is -0.395 e. The van der Waals surface area contributed by atoms with Crippen molar-refractivity contribution < 1.29 is 4.79 Å². The number of carbonyl (C=O) groups excluding carboxylic acids is 1. The molecule has 0 radical (unpaired) electrons. The van der Waals surface area contributed by atoms with Crippen LogP contribution in [0.2, 0.25) is 0 Å². The minimum absolute atomic E-state index is 0.236. The number of aryl methyl sites for hydroxylation is 3. The Kier molecular flexibility index (Phi) is 4.13. The Morgan fingerprint density at radius 3 is 2.50 bits per heavy atom. The van der Waals surface area contributed by atoms with Gasteiger partial charge in [0, 0.05) is 10.2 Å². The van der Waals surface area contributed by atoms with Crippen LogP contribution in [0.5, 0.6) is 0 Å². The maximum atomic E-state index is 12.2. The van der Waals surface area contributed by atoms with Gasteiger partial charge >= 0.3 is 0 Å². The fourth-order valence-corrected chi connectivity index (χ4v) is 2.27. The van der Waals surface area contributed by atoms with E-state index in [1.807, 2.05) is 32.9 Å². The third kappa shape index (κ3) is 2.70. The van der Waals surface area contributed by atoms with Crippen LogP contribution in [-0.2, 0) is 6.42 Å². The maximum Gasteiger partial charge on any atom is 0.278 e. The Morgan fingerprint density at radius 2 is 2.00 bits per heavy atom. The van der Waals surface area contributed by atoms with Crippen molar-refractivity contribution in [1.82, 2.24) is 10.2 Å². The highest BCUT2D eigenvalue weighted by Gasteiger charge is 2.17. The van der Waals surface area contributed by atoms with Crippen LogP contribution >= 0.6 is 15.9 Å². The average molecular weight is 337 g/mol. The SMILES string of the molecule is CCc1[nH]nc(C(=O)Nc2cc(C)c(Br)c(C)c2)c1N. The molecular formula is C14H17BrN4O. The lowest BCUT2D eigenvalue weighted by molar-refractivity contribution is 0.102. The van der Waals surface area contributed by atoms with Gasteiger partial charge < -0.3 is 11.1 Å². The van der Waals surface area contributed by atoms with Gasteiger partial charge in [-0.2, -0.15) is 5.10 Å². The second-order valence-corrected chi connectivity index (χ2v) is 5.49. The van der Waals surface area contributed by atoms with E-state index in [1.165, 1.54) is 0 Å². The number of nitrogen functional groups attached to an aromatic ring is 1. The van der Waals surface area contributed by atoms with Crippen molar-refractivity contribution in [1.29, 1.82) is 0 Å². The van der Waals surface area contributed by atoms with E-state index in [0.717, 1.165) is 27.0 Å². The first-order valence-electron chi connectivity index (χ1n) is 6.34. The number of nitrogens with two attached hydrogens (primary N) is 1. The number of nitrogens with zero attached hydrogens (tertiary/aromatic N) is 1. The Hall–Kier alpha value is -1.82. The number of amides is 1. The van der Waals surface area contributed by atoms with Crippen molar-refractivity contribution in [3.63, 3.8) is 0 Å². The van der Waals surface area contributed by atoms with Gasteiger partial charge in [0.2, 0.25) is 0 Å². The third-order valence-electron chi connectivity index (χ3n) is 3.15. The molecule has 2 aromatic rings. The predicted molar refractivity (Wildman–Crippen MR) is 83.9 cm³/mol. The summed E-state index contributed by atoms with van der Waals surface area (Å²) in [7, 11) is 0. The molecule has 1 heterocycles. The van der Waals surface area contributed by atoms with E-state index in [2.05, 4.69) is 31.4 Å². The van der Waals surface area contributed by atoms with E-state index in [9.17, 15) is 4.79 Å². The first-order valence-corrected chi connectivity index (χ1v) is 7.14. The predicted octanol–water partition coefficient (Wildman–Crippen LogP) is 3.19. The molecule has 0 fully saturated rings. The molecule has 0 saturated carbocycles. The quantitative estimate of drug-likeness (QED) is 0.804. The summed E-state index contributed by atoms with van der Waals surface area (Å²) in [5, 5.41) is 9.58. The van der Waals surface area contributed by atoms with Crippen molar-refractivity contribution >= 4 is 33.2 Å². The molecule has 0 aliphatic heterocycles. The number of benzene rings is 1. The van der Waals surface area contributed by atoms with Crippen molar-refractivity contribution in [3.05, 3.63) is 39.1 Å². The Bertz CT molecular complexity index is 640. The molecule has 0 atom stereocenters. The minimum atomic E-state index is -0.306. The van der Waals surface area contributed by atoms with Gasteiger partial charge in [0.05, 0.1) is 11.4 Å². The summed E-state index contributed by atoms with van der Waals surface area (Å²) in [5.74, 6) is -0.306. The zero-order valence-corrected chi connectivity index (χ0v) is 13.3. The number of halogens is 1. The van der Waals surface area contributed by atoms with Gasteiger partial charge in [-0.15, -0.1) is 0 Å². The topological polar surface area (TPSA) is 83.8 Å². The number of aromatic nitrogens is 2. The van der Waals surface area contributed by atoms with Crippen LogP contribution in [0, 0.1) is 13.8 Å². The normalized spacial score (nSPS) is 10.6. The molecule has 1 aromatic carbocycles. The second kappa shape index (κ2) is 5.66. The van der Waals surface area contributed by atoms with E-state index >= 15 is 0 Å². The smallest absolute Gasteiger partial charge is 0.278 e. The van der Waals surface area contributed by atoms with Gasteiger partial charge in [-0.1, -0.05) is 22.9 Å². The first-order chi connectivity index (χ1) is 9.43. The Labute approximate surface area is 126 Å². The van der Waals surface area contributed by atoms with Gasteiger partial charge in [0.15, 0.2) is 5.69 Å². The standard InChI is InChI=1S/C14H17BrN4O/c1-4-10-12(16)13(19-18-10)14(20)17-9-5-7(2)11(15)8(3)6-9/h5-6H,4,16H2,1-3H3,(H,17,20)(H,18,19). The number of nitrogens with one attached hydrogen (secondary N) is 2. The molecule has 0 aliphatic rings. The van der Waals surface area contributed by atoms with Gasteiger partial charge in [-0.25, -0.2) is 0 Å². The Morgan fingerprint density at radius 1 is 1.40 bits per heavy atom. The molecule has 0 unspecified atom stereocenters. The highest BCUT2D eigenvalue weighted by atomic mass is 79.9. The van der Waals surface area contributed by atoms with Crippen LogP contribution in [0.15, 0.2) is 16.6 Å². The molecular weight excluding hydrogens is 320 g/mol. The average Bonchev–Trinajstić information content (AvgIpc) is 2.77. The molecule has 0 saturated heterocycles. The van der Waals surface area contributed by atoms with Gasteiger partial charge in [0.25, 0.3) is 5.91 Å². The number of hydrogen-bond donors (Lipinski definition) is 3. The van der Waals surface area contributed by atoms with Crippen LogP contribution in [0.3, 0.4) is 0 Å². The number of aromatic amines is 1. The number of H-pyrrole nitrogens is 1. The molecule has 1 amide bonds. The monoisotopic (exact) mass is 336 g/mol. The molecule has 2 rings (SSSR count). The molecule has 6 heteroatoms. The van der Waals surface area contributed by atoms with Crippen LogP contribution < -0.4 is 11.1 Å². The van der Waals surface area contributed by atoms with E-state index in [0.29, 0.717) is 12.1 Å². The van der Waals surface area contributed by atoms with Gasteiger partial charge in [0.1, 0.15) is 0 Å². The summed E-state index contributed by atoms with van der Waals surface area (Å²) in [6.45, 7) is 5.91. The zero-order valence-electron chi connectivity index (χ0n) is 11.7. The molecule has 106 valence electrons. The number of anilines is 2. The highest BCUT2D eigenvalue weighted by Crippen LogP contribution is 2.25.